The molecule has 1 heterocycles. The number of ether oxygens (including phenoxy) is 3. The first-order valence-electron chi connectivity index (χ1n) is 10.2. The lowest BCUT2D eigenvalue weighted by Gasteiger charge is -2.14. The summed E-state index contributed by atoms with van der Waals surface area (Å²) >= 11 is 7.63. The Hall–Kier alpha value is -3.61. The maximum absolute atomic E-state index is 12.4. The van der Waals surface area contributed by atoms with E-state index in [-0.39, 0.29) is 17.2 Å². The molecule has 10 heteroatoms. The number of hydrogen-bond donors (Lipinski definition) is 1. The summed E-state index contributed by atoms with van der Waals surface area (Å²) in [6, 6.07) is 11.1. The van der Waals surface area contributed by atoms with Gasteiger partial charge in [-0.2, -0.15) is 5.26 Å². The summed E-state index contributed by atoms with van der Waals surface area (Å²) < 4.78 is 17.0. The molecule has 0 spiro atoms. The molecule has 176 valence electrons. The molecule has 0 bridgehead atoms. The molecule has 1 N–H and O–H groups in total. The standard InChI is InChI=1S/C24H23ClN4O4S/c1-14-7-15(2)9-19(8-14)32-5-6-33-22-20(25)11-17(12-21(22)31-4)10-18(13-26)23(30)27-24-29-28-16(3)34-24/h7-12H,5-6H2,1-4H3,(H,27,29,30)/b18-10-. The number of benzene rings is 2. The van der Waals surface area contributed by atoms with Crippen molar-refractivity contribution in [3.8, 4) is 23.3 Å². The fourth-order valence-electron chi connectivity index (χ4n) is 3.11. The number of halogens is 1. The summed E-state index contributed by atoms with van der Waals surface area (Å²) in [7, 11) is 1.48. The van der Waals surface area contributed by atoms with Crippen LogP contribution in [0.25, 0.3) is 6.08 Å². The van der Waals surface area contributed by atoms with Crippen molar-refractivity contribution in [2.24, 2.45) is 0 Å². The molecule has 3 aromatic rings. The molecule has 2 aromatic carbocycles. The van der Waals surface area contributed by atoms with Crippen molar-refractivity contribution in [3.05, 3.63) is 62.6 Å². The number of amides is 1. The molecule has 34 heavy (non-hydrogen) atoms. The molecule has 0 aliphatic heterocycles. The number of hydrogen-bond acceptors (Lipinski definition) is 8. The maximum Gasteiger partial charge on any atom is 0.268 e. The van der Waals surface area contributed by atoms with E-state index in [0.29, 0.717) is 33.8 Å². The third-order valence-corrected chi connectivity index (χ3v) is 5.50. The minimum Gasteiger partial charge on any atom is -0.493 e. The summed E-state index contributed by atoms with van der Waals surface area (Å²) in [6.45, 7) is 6.34. The van der Waals surface area contributed by atoms with E-state index in [1.165, 1.54) is 24.5 Å². The van der Waals surface area contributed by atoms with Crippen molar-refractivity contribution in [1.82, 2.24) is 10.2 Å². The molecular weight excluding hydrogens is 476 g/mol. The Balaban J connectivity index is 1.69. The molecule has 0 atom stereocenters. The monoisotopic (exact) mass is 498 g/mol. The number of carbonyl (C=O) groups excluding carboxylic acids is 1. The fourth-order valence-corrected chi connectivity index (χ4v) is 3.97. The van der Waals surface area contributed by atoms with E-state index in [4.69, 9.17) is 25.8 Å². The number of nitrogens with one attached hydrogen (secondary N) is 1. The Morgan fingerprint density at radius 3 is 2.44 bits per heavy atom. The van der Waals surface area contributed by atoms with Crippen LogP contribution in [0, 0.1) is 32.1 Å². The lowest BCUT2D eigenvalue weighted by molar-refractivity contribution is -0.112. The van der Waals surface area contributed by atoms with Gasteiger partial charge in [-0.15, -0.1) is 10.2 Å². The minimum atomic E-state index is -0.599. The van der Waals surface area contributed by atoms with Crippen LogP contribution >= 0.6 is 22.9 Å². The molecule has 1 aromatic heterocycles. The average molecular weight is 499 g/mol. The topological polar surface area (TPSA) is 106 Å². The highest BCUT2D eigenvalue weighted by Crippen LogP contribution is 2.37. The Morgan fingerprint density at radius 1 is 1.12 bits per heavy atom. The van der Waals surface area contributed by atoms with Crippen LogP contribution in [0.3, 0.4) is 0 Å². The second-order valence-electron chi connectivity index (χ2n) is 7.30. The highest BCUT2D eigenvalue weighted by molar-refractivity contribution is 7.15. The molecule has 3 rings (SSSR count). The Labute approximate surface area is 206 Å². The largest absolute Gasteiger partial charge is 0.493 e. The molecule has 0 radical (unpaired) electrons. The van der Waals surface area contributed by atoms with Crippen LogP contribution in [-0.2, 0) is 4.79 Å². The lowest BCUT2D eigenvalue weighted by atomic mass is 10.1. The zero-order valence-corrected chi connectivity index (χ0v) is 20.7. The van der Waals surface area contributed by atoms with Crippen LogP contribution in [0.1, 0.15) is 21.7 Å². The van der Waals surface area contributed by atoms with Gasteiger partial charge in [0.2, 0.25) is 5.13 Å². The van der Waals surface area contributed by atoms with Crippen molar-refractivity contribution < 1.29 is 19.0 Å². The van der Waals surface area contributed by atoms with E-state index < -0.39 is 5.91 Å². The highest BCUT2D eigenvalue weighted by atomic mass is 35.5. The molecule has 0 aliphatic carbocycles. The van der Waals surface area contributed by atoms with Gasteiger partial charge in [0.05, 0.1) is 12.1 Å². The molecule has 0 unspecified atom stereocenters. The van der Waals surface area contributed by atoms with Crippen LogP contribution in [0.5, 0.6) is 17.2 Å². The van der Waals surface area contributed by atoms with Crippen molar-refractivity contribution in [2.75, 3.05) is 25.6 Å². The number of rotatable bonds is 9. The second-order valence-corrected chi connectivity index (χ2v) is 8.89. The zero-order chi connectivity index (χ0) is 24.7. The van der Waals surface area contributed by atoms with Crippen LogP contribution in [0.15, 0.2) is 35.9 Å². The molecule has 0 saturated heterocycles. The number of methoxy groups -OCH3 is 1. The molecular formula is C24H23ClN4O4S. The Bertz CT molecular complexity index is 1250. The Kier molecular flexibility index (Phi) is 8.46. The SMILES string of the molecule is COc1cc(/C=C(/C#N)C(=O)Nc2nnc(C)s2)cc(Cl)c1OCCOc1cc(C)cc(C)c1. The van der Waals surface area contributed by atoms with Gasteiger partial charge in [0.1, 0.15) is 35.6 Å². The van der Waals surface area contributed by atoms with Gasteiger partial charge >= 0.3 is 0 Å². The van der Waals surface area contributed by atoms with Gasteiger partial charge in [-0.1, -0.05) is 29.0 Å². The third-order valence-electron chi connectivity index (χ3n) is 4.47. The van der Waals surface area contributed by atoms with Crippen LogP contribution < -0.4 is 19.5 Å². The third kappa shape index (κ3) is 6.70. The summed E-state index contributed by atoms with van der Waals surface area (Å²) in [5.74, 6) is 0.878. The lowest BCUT2D eigenvalue weighted by Crippen LogP contribution is -2.13. The maximum atomic E-state index is 12.4. The van der Waals surface area contributed by atoms with E-state index in [0.717, 1.165) is 16.9 Å². The number of aromatic nitrogens is 2. The van der Waals surface area contributed by atoms with Crippen molar-refractivity contribution in [2.45, 2.75) is 20.8 Å². The summed E-state index contributed by atoms with van der Waals surface area (Å²) in [5, 5.41) is 20.9. The first-order valence-corrected chi connectivity index (χ1v) is 11.4. The zero-order valence-electron chi connectivity index (χ0n) is 19.1. The number of anilines is 1. The van der Waals surface area contributed by atoms with Crippen LogP contribution in [-0.4, -0.2) is 36.4 Å². The van der Waals surface area contributed by atoms with Gasteiger partial charge in [-0.05, 0) is 67.8 Å². The summed E-state index contributed by atoms with van der Waals surface area (Å²) in [6.07, 6.45) is 1.41. The van der Waals surface area contributed by atoms with Gasteiger partial charge in [-0.3, -0.25) is 10.1 Å². The Morgan fingerprint density at radius 2 is 1.82 bits per heavy atom. The predicted octanol–water partition coefficient (Wildman–Crippen LogP) is 5.13. The quantitative estimate of drug-likeness (QED) is 0.247. The normalized spacial score (nSPS) is 11.0. The molecule has 1 amide bonds. The second kappa shape index (κ2) is 11.5. The fraction of sp³-hybridized carbons (Fsp3) is 0.250. The van der Waals surface area contributed by atoms with E-state index in [1.54, 1.807) is 19.1 Å². The van der Waals surface area contributed by atoms with E-state index in [2.05, 4.69) is 21.6 Å². The van der Waals surface area contributed by atoms with E-state index in [9.17, 15) is 10.1 Å². The summed E-state index contributed by atoms with van der Waals surface area (Å²) in [4.78, 5) is 12.4. The predicted molar refractivity (Wildman–Crippen MR) is 132 cm³/mol. The first-order chi connectivity index (χ1) is 16.3. The van der Waals surface area contributed by atoms with Crippen LogP contribution in [0.2, 0.25) is 5.02 Å². The molecule has 8 nitrogen and oxygen atoms in total. The molecule has 0 fully saturated rings. The van der Waals surface area contributed by atoms with Gasteiger partial charge in [0, 0.05) is 0 Å². The average Bonchev–Trinajstić information content (AvgIpc) is 3.19. The minimum absolute atomic E-state index is 0.124. The van der Waals surface area contributed by atoms with Gasteiger partial charge in [0.15, 0.2) is 11.5 Å². The number of nitriles is 1. The summed E-state index contributed by atoms with van der Waals surface area (Å²) in [5.41, 5.74) is 2.61. The van der Waals surface area contributed by atoms with Gasteiger partial charge < -0.3 is 14.2 Å². The van der Waals surface area contributed by atoms with E-state index in [1.807, 2.05) is 32.0 Å². The van der Waals surface area contributed by atoms with Crippen molar-refractivity contribution in [3.63, 3.8) is 0 Å². The van der Waals surface area contributed by atoms with Crippen molar-refractivity contribution >= 4 is 40.1 Å². The highest BCUT2D eigenvalue weighted by Gasteiger charge is 2.15. The first kappa shape index (κ1) is 25.0. The molecule has 0 aliphatic rings. The number of aryl methyl sites for hydroxylation is 3. The number of carbonyl (C=O) groups is 1. The smallest absolute Gasteiger partial charge is 0.268 e. The van der Waals surface area contributed by atoms with Gasteiger partial charge in [-0.25, -0.2) is 0 Å². The number of nitrogens with zero attached hydrogens (tertiary/aromatic N) is 3. The van der Waals surface area contributed by atoms with E-state index >= 15 is 0 Å². The van der Waals surface area contributed by atoms with Gasteiger partial charge in [0.25, 0.3) is 5.91 Å². The van der Waals surface area contributed by atoms with Crippen LogP contribution in [0.4, 0.5) is 5.13 Å². The van der Waals surface area contributed by atoms with Crippen molar-refractivity contribution in [1.29, 1.82) is 5.26 Å². The molecule has 0 saturated carbocycles.